The Morgan fingerprint density at radius 2 is 1.19 bits per heavy atom. The minimum absolute atomic E-state index is 0.220. The smallest absolute Gasteiger partial charge is 0.130 e. The van der Waals surface area contributed by atoms with Crippen LogP contribution in [0.15, 0.2) is 0 Å². The van der Waals surface area contributed by atoms with E-state index in [4.69, 9.17) is 0 Å². The van der Waals surface area contributed by atoms with Crippen molar-refractivity contribution in [3.8, 4) is 0 Å². The highest BCUT2D eigenvalue weighted by Crippen LogP contribution is 2.39. The number of hydrogen-bond donors (Lipinski definition) is 1. The summed E-state index contributed by atoms with van der Waals surface area (Å²) in [7, 11) is 0. The van der Waals surface area contributed by atoms with E-state index in [1.807, 2.05) is 0 Å². The van der Waals surface area contributed by atoms with Crippen LogP contribution >= 0.6 is 0 Å². The van der Waals surface area contributed by atoms with Gasteiger partial charge in [-0.25, -0.2) is 10.4 Å². The summed E-state index contributed by atoms with van der Waals surface area (Å²) in [5, 5.41) is 2.53. The van der Waals surface area contributed by atoms with Crippen molar-refractivity contribution in [2.45, 2.75) is 97.7 Å². The summed E-state index contributed by atoms with van der Waals surface area (Å²) in [6, 6.07) is 1.14. The van der Waals surface area contributed by atoms with Crippen molar-refractivity contribution in [3.63, 3.8) is 0 Å². The van der Waals surface area contributed by atoms with Crippen LogP contribution in [0.4, 0.5) is 0 Å². The van der Waals surface area contributed by atoms with Crippen LogP contribution in [0.2, 0.25) is 0 Å². The first kappa shape index (κ1) is 17.2. The second kappa shape index (κ2) is 5.80. The van der Waals surface area contributed by atoms with Crippen LogP contribution in [0.1, 0.15) is 68.2 Å². The summed E-state index contributed by atoms with van der Waals surface area (Å²) in [5.41, 5.74) is 4.35. The Bertz CT molecular complexity index is 330. The highest BCUT2D eigenvalue weighted by molar-refractivity contribution is 4.99. The first-order chi connectivity index (χ1) is 9.56. The van der Waals surface area contributed by atoms with Crippen LogP contribution in [0.25, 0.3) is 0 Å². The molecule has 0 unspecified atom stereocenters. The van der Waals surface area contributed by atoms with E-state index in [0.717, 1.165) is 13.1 Å². The van der Waals surface area contributed by atoms with E-state index >= 15 is 0 Å². The molecule has 0 bridgehead atoms. The minimum Gasteiger partial charge on any atom is -0.271 e. The van der Waals surface area contributed by atoms with E-state index in [1.165, 1.54) is 12.8 Å². The zero-order valence-electron chi connectivity index (χ0n) is 15.4. The van der Waals surface area contributed by atoms with Crippen molar-refractivity contribution in [3.05, 3.63) is 0 Å². The average molecular weight is 297 g/mol. The minimum atomic E-state index is 0.220. The van der Waals surface area contributed by atoms with Gasteiger partial charge in [0.2, 0.25) is 0 Å². The monoisotopic (exact) mass is 296 g/mol. The Kier molecular flexibility index (Phi) is 4.75. The molecule has 124 valence electrons. The molecule has 21 heavy (non-hydrogen) atoms. The van der Waals surface area contributed by atoms with E-state index in [2.05, 4.69) is 75.6 Å². The molecule has 2 rings (SSSR count). The molecule has 0 aromatic carbocycles. The Morgan fingerprint density at radius 1 is 0.810 bits per heavy atom. The Morgan fingerprint density at radius 3 is 1.52 bits per heavy atom. The molecule has 0 aromatic heterocycles. The van der Waals surface area contributed by atoms with Crippen molar-refractivity contribution in [2.24, 2.45) is 0 Å². The summed E-state index contributed by atoms with van der Waals surface area (Å²) < 4.78 is 0. The summed E-state index contributed by atoms with van der Waals surface area (Å²) >= 11 is 0. The van der Waals surface area contributed by atoms with Gasteiger partial charge in [0.1, 0.15) is 6.29 Å². The molecule has 1 N–H and O–H groups in total. The fraction of sp³-hybridized carbons (Fsp3) is 1.00. The lowest BCUT2D eigenvalue weighted by atomic mass is 10.0. The molecular formula is C17H36N4. The number of hydrazine groups is 1. The fourth-order valence-corrected chi connectivity index (χ4v) is 4.02. The number of nitrogens with one attached hydrogen (secondary N) is 1. The zero-order chi connectivity index (χ0) is 16.0. The van der Waals surface area contributed by atoms with Gasteiger partial charge in [-0.1, -0.05) is 0 Å². The summed E-state index contributed by atoms with van der Waals surface area (Å²) in [6.07, 6.45) is 2.83. The average Bonchev–Trinajstić information content (AvgIpc) is 2.84. The second-order valence-corrected chi connectivity index (χ2v) is 8.63. The topological polar surface area (TPSA) is 21.8 Å². The lowest BCUT2D eigenvalue weighted by Gasteiger charge is -2.46. The van der Waals surface area contributed by atoms with Gasteiger partial charge in [-0.15, -0.1) is 0 Å². The van der Waals surface area contributed by atoms with Gasteiger partial charge in [0.25, 0.3) is 0 Å². The molecular weight excluding hydrogens is 260 g/mol. The summed E-state index contributed by atoms with van der Waals surface area (Å²) in [4.78, 5) is 5.18. The van der Waals surface area contributed by atoms with E-state index < -0.39 is 0 Å². The quantitative estimate of drug-likeness (QED) is 0.861. The SMILES string of the molecule is CC(C)N1CCN(C(C)C)C1NN1C(C)(C)CCC1(C)C. The van der Waals surface area contributed by atoms with Gasteiger partial charge in [0, 0.05) is 36.3 Å². The molecule has 4 heteroatoms. The molecule has 2 saturated heterocycles. The van der Waals surface area contributed by atoms with Gasteiger partial charge in [-0.2, -0.15) is 0 Å². The maximum atomic E-state index is 3.91. The fourth-order valence-electron chi connectivity index (χ4n) is 4.02. The van der Waals surface area contributed by atoms with Crippen molar-refractivity contribution < 1.29 is 0 Å². The van der Waals surface area contributed by atoms with Crippen molar-refractivity contribution in [1.82, 2.24) is 20.2 Å². The van der Waals surface area contributed by atoms with Crippen LogP contribution < -0.4 is 5.43 Å². The molecule has 2 aliphatic heterocycles. The Labute approximate surface area is 131 Å². The molecule has 0 aliphatic carbocycles. The molecule has 2 heterocycles. The molecule has 0 aromatic rings. The van der Waals surface area contributed by atoms with E-state index in [1.54, 1.807) is 0 Å². The highest BCUT2D eigenvalue weighted by Gasteiger charge is 2.47. The van der Waals surface area contributed by atoms with Crippen molar-refractivity contribution in [1.29, 1.82) is 0 Å². The van der Waals surface area contributed by atoms with Gasteiger partial charge in [-0.05, 0) is 68.2 Å². The third-order valence-electron chi connectivity index (χ3n) is 5.38. The third kappa shape index (κ3) is 3.29. The number of rotatable bonds is 4. The number of hydrogen-bond acceptors (Lipinski definition) is 4. The molecule has 0 radical (unpaired) electrons. The second-order valence-electron chi connectivity index (χ2n) is 8.63. The van der Waals surface area contributed by atoms with Gasteiger partial charge in [-0.3, -0.25) is 9.80 Å². The van der Waals surface area contributed by atoms with Crippen molar-refractivity contribution >= 4 is 0 Å². The molecule has 0 amide bonds. The highest BCUT2D eigenvalue weighted by atomic mass is 15.7. The van der Waals surface area contributed by atoms with E-state index in [9.17, 15) is 0 Å². The molecule has 0 atom stereocenters. The molecule has 0 saturated carbocycles. The molecule has 2 fully saturated rings. The maximum absolute atomic E-state index is 3.91. The van der Waals surface area contributed by atoms with Crippen molar-refractivity contribution in [2.75, 3.05) is 13.1 Å². The normalized spacial score (nSPS) is 28.3. The first-order valence-corrected chi connectivity index (χ1v) is 8.64. The van der Waals surface area contributed by atoms with Crippen LogP contribution in [0, 0.1) is 0 Å². The van der Waals surface area contributed by atoms with E-state index in [-0.39, 0.29) is 11.1 Å². The van der Waals surface area contributed by atoms with Gasteiger partial charge < -0.3 is 0 Å². The van der Waals surface area contributed by atoms with Gasteiger partial charge in [0.15, 0.2) is 0 Å². The predicted molar refractivity (Wildman–Crippen MR) is 89.8 cm³/mol. The number of nitrogens with zero attached hydrogens (tertiary/aromatic N) is 3. The first-order valence-electron chi connectivity index (χ1n) is 8.64. The molecule has 2 aliphatic rings. The van der Waals surface area contributed by atoms with Crippen LogP contribution in [0.5, 0.6) is 0 Å². The predicted octanol–water partition coefficient (Wildman–Crippen LogP) is 2.86. The summed E-state index contributed by atoms with van der Waals surface area (Å²) in [5.74, 6) is 0. The van der Waals surface area contributed by atoms with Gasteiger partial charge >= 0.3 is 0 Å². The van der Waals surface area contributed by atoms with Crippen LogP contribution in [0.3, 0.4) is 0 Å². The standard InChI is InChI=1S/C17H36N4/c1-13(2)19-11-12-20(14(3)4)15(19)18-21-16(5,6)9-10-17(21,7)8/h13-15,18H,9-12H2,1-8H3. The largest absolute Gasteiger partial charge is 0.271 e. The maximum Gasteiger partial charge on any atom is 0.130 e. The van der Waals surface area contributed by atoms with E-state index in [0.29, 0.717) is 18.4 Å². The summed E-state index contributed by atoms with van der Waals surface area (Å²) in [6.45, 7) is 21.0. The lowest BCUT2D eigenvalue weighted by molar-refractivity contribution is -0.0696. The molecule has 0 spiro atoms. The Hall–Kier alpha value is -0.160. The Balaban J connectivity index is 2.21. The zero-order valence-corrected chi connectivity index (χ0v) is 15.4. The van der Waals surface area contributed by atoms with Crippen LogP contribution in [-0.2, 0) is 0 Å². The molecule has 4 nitrogen and oxygen atoms in total. The third-order valence-corrected chi connectivity index (χ3v) is 5.38. The van der Waals surface area contributed by atoms with Gasteiger partial charge in [0.05, 0.1) is 0 Å². The lowest BCUT2D eigenvalue weighted by Crippen LogP contribution is -2.65. The van der Waals surface area contributed by atoms with Crippen LogP contribution in [-0.4, -0.2) is 57.3 Å².